The molecule has 0 fully saturated rings. The van der Waals surface area contributed by atoms with Crippen LogP contribution in [0.2, 0.25) is 0 Å². The van der Waals surface area contributed by atoms with Crippen molar-refractivity contribution >= 4 is 9.84 Å². The van der Waals surface area contributed by atoms with Gasteiger partial charge in [-0.2, -0.15) is 0 Å². The van der Waals surface area contributed by atoms with Crippen molar-refractivity contribution in [1.82, 2.24) is 4.98 Å². The fourth-order valence-corrected chi connectivity index (χ4v) is 1.46. The molecule has 0 radical (unpaired) electrons. The van der Waals surface area contributed by atoms with Crippen molar-refractivity contribution < 1.29 is 12.8 Å². The second-order valence-electron chi connectivity index (χ2n) is 3.38. The van der Waals surface area contributed by atoms with Gasteiger partial charge in [0.05, 0.1) is 6.20 Å². The number of nitrogens with zero attached hydrogens (tertiary/aromatic N) is 1. The zero-order valence-corrected chi connectivity index (χ0v) is 8.76. The molecule has 0 spiro atoms. The average Bonchev–Trinajstić information content (AvgIpc) is 2.31. The number of hydrogen-bond donors (Lipinski definition) is 0. The maximum absolute atomic E-state index is 10.9. The summed E-state index contributed by atoms with van der Waals surface area (Å²) < 4.78 is 27.0. The molecule has 0 aliphatic heterocycles. The molecule has 13 heavy (non-hydrogen) atoms. The minimum atomic E-state index is -3.05. The van der Waals surface area contributed by atoms with Crippen molar-refractivity contribution in [2.24, 2.45) is 0 Å². The minimum Gasteiger partial charge on any atom is -0.444 e. The highest BCUT2D eigenvalue weighted by Crippen LogP contribution is 2.15. The quantitative estimate of drug-likeness (QED) is 0.743. The third-order valence-electron chi connectivity index (χ3n) is 1.53. The molecule has 1 aromatic rings. The molecule has 1 heterocycles. The molecule has 0 aliphatic rings. The van der Waals surface area contributed by atoms with Crippen LogP contribution in [-0.4, -0.2) is 19.7 Å². The summed E-state index contributed by atoms with van der Waals surface area (Å²) in [5.74, 6) is 1.10. The monoisotopic (exact) mass is 203 g/mol. The smallest absolute Gasteiger partial charge is 0.209 e. The van der Waals surface area contributed by atoms with Crippen molar-refractivity contribution in [3.63, 3.8) is 0 Å². The first kappa shape index (κ1) is 10.2. The molecule has 0 atom stereocenters. The summed E-state index contributed by atoms with van der Waals surface area (Å²) in [6.45, 7) is 3.93. The van der Waals surface area contributed by atoms with Crippen LogP contribution in [0.3, 0.4) is 0 Å². The summed E-state index contributed by atoms with van der Waals surface area (Å²) in [7, 11) is -3.05. The van der Waals surface area contributed by atoms with E-state index in [0.717, 1.165) is 12.0 Å². The maximum atomic E-state index is 10.9. The number of rotatable bonds is 3. The van der Waals surface area contributed by atoms with Gasteiger partial charge >= 0.3 is 0 Å². The Labute approximate surface area is 77.9 Å². The van der Waals surface area contributed by atoms with E-state index in [1.54, 1.807) is 6.20 Å². The van der Waals surface area contributed by atoms with E-state index in [1.807, 2.05) is 13.8 Å². The fraction of sp³-hybridized carbons (Fsp3) is 0.625. The van der Waals surface area contributed by atoms with Gasteiger partial charge in [0.1, 0.15) is 11.5 Å². The first-order chi connectivity index (χ1) is 5.88. The second kappa shape index (κ2) is 3.49. The molecule has 0 aromatic carbocycles. The van der Waals surface area contributed by atoms with Crippen molar-refractivity contribution in [2.45, 2.75) is 25.5 Å². The van der Waals surface area contributed by atoms with Crippen molar-refractivity contribution in [3.05, 3.63) is 17.8 Å². The molecule has 0 N–H and O–H groups in total. The van der Waals surface area contributed by atoms with Crippen LogP contribution >= 0.6 is 0 Å². The van der Waals surface area contributed by atoms with Crippen LogP contribution in [0.1, 0.15) is 31.4 Å². The summed E-state index contributed by atoms with van der Waals surface area (Å²) in [4.78, 5) is 3.88. The molecule has 0 saturated carbocycles. The Morgan fingerprint density at radius 3 is 2.54 bits per heavy atom. The molecule has 0 unspecified atom stereocenters. The Kier molecular flexibility index (Phi) is 2.75. The van der Waals surface area contributed by atoms with Gasteiger partial charge in [0.25, 0.3) is 0 Å². The third-order valence-corrected chi connectivity index (χ3v) is 2.30. The van der Waals surface area contributed by atoms with Gasteiger partial charge in [-0.15, -0.1) is 0 Å². The zero-order chi connectivity index (χ0) is 10.1. The van der Waals surface area contributed by atoms with E-state index in [9.17, 15) is 8.42 Å². The molecule has 1 rings (SSSR count). The van der Waals surface area contributed by atoms with Gasteiger partial charge in [-0.3, -0.25) is 0 Å². The Bertz CT molecular complexity index is 378. The van der Waals surface area contributed by atoms with E-state index < -0.39 is 9.84 Å². The molecule has 0 saturated heterocycles. The molecule has 5 heteroatoms. The third kappa shape index (κ3) is 3.18. The van der Waals surface area contributed by atoms with E-state index in [2.05, 4.69) is 4.98 Å². The van der Waals surface area contributed by atoms with Crippen LogP contribution in [0.4, 0.5) is 0 Å². The van der Waals surface area contributed by atoms with Crippen molar-refractivity contribution in [2.75, 3.05) is 6.26 Å². The van der Waals surface area contributed by atoms with Crippen LogP contribution in [0.25, 0.3) is 0 Å². The fourth-order valence-electron chi connectivity index (χ4n) is 0.882. The summed E-state index contributed by atoms with van der Waals surface area (Å²) in [5, 5.41) is 0. The van der Waals surface area contributed by atoms with E-state index >= 15 is 0 Å². The molecule has 4 nitrogen and oxygen atoms in total. The van der Waals surface area contributed by atoms with Gasteiger partial charge in [-0.1, -0.05) is 13.8 Å². The van der Waals surface area contributed by atoms with Gasteiger partial charge in [0.2, 0.25) is 5.89 Å². The van der Waals surface area contributed by atoms with E-state index in [0.29, 0.717) is 0 Å². The first-order valence-electron chi connectivity index (χ1n) is 4.01. The van der Waals surface area contributed by atoms with E-state index in [-0.39, 0.29) is 17.6 Å². The van der Waals surface area contributed by atoms with Crippen LogP contribution in [0.15, 0.2) is 10.6 Å². The average molecular weight is 203 g/mol. The Morgan fingerprint density at radius 2 is 2.15 bits per heavy atom. The molecular weight excluding hydrogens is 190 g/mol. The summed E-state index contributed by atoms with van der Waals surface area (Å²) in [6, 6.07) is 0. The largest absolute Gasteiger partial charge is 0.444 e. The van der Waals surface area contributed by atoms with Crippen LogP contribution in [-0.2, 0) is 15.6 Å². The van der Waals surface area contributed by atoms with Gasteiger partial charge in [0.15, 0.2) is 9.84 Å². The Morgan fingerprint density at radius 1 is 1.54 bits per heavy atom. The van der Waals surface area contributed by atoms with Crippen LogP contribution in [0.5, 0.6) is 0 Å². The molecule has 74 valence electrons. The lowest BCUT2D eigenvalue weighted by atomic mass is 10.2. The Balaban J connectivity index is 2.81. The number of aromatic nitrogens is 1. The van der Waals surface area contributed by atoms with E-state index in [1.165, 1.54) is 0 Å². The first-order valence-corrected chi connectivity index (χ1v) is 6.07. The standard InChI is InChI=1S/C8H13NO3S/c1-6(2)7-4-9-8(12-7)5-13(3,10)11/h4,6H,5H2,1-3H3. The highest BCUT2D eigenvalue weighted by atomic mass is 32.2. The molecular formula is C8H13NO3S. The predicted molar refractivity (Wildman–Crippen MR) is 49.1 cm³/mol. The molecule has 0 amide bonds. The van der Waals surface area contributed by atoms with E-state index in [4.69, 9.17) is 4.42 Å². The zero-order valence-electron chi connectivity index (χ0n) is 7.94. The van der Waals surface area contributed by atoms with Gasteiger partial charge in [0, 0.05) is 12.2 Å². The lowest BCUT2D eigenvalue weighted by Crippen LogP contribution is -2.00. The lowest BCUT2D eigenvalue weighted by molar-refractivity contribution is 0.450. The summed E-state index contributed by atoms with van der Waals surface area (Å²) in [5.41, 5.74) is 0. The predicted octanol–water partition coefficient (Wildman–Crippen LogP) is 1.34. The van der Waals surface area contributed by atoms with Crippen LogP contribution in [0, 0.1) is 0 Å². The lowest BCUT2D eigenvalue weighted by Gasteiger charge is -1.96. The van der Waals surface area contributed by atoms with Crippen molar-refractivity contribution in [1.29, 1.82) is 0 Å². The molecule has 0 aliphatic carbocycles. The van der Waals surface area contributed by atoms with Crippen LogP contribution < -0.4 is 0 Å². The highest BCUT2D eigenvalue weighted by Gasteiger charge is 2.11. The number of hydrogen-bond acceptors (Lipinski definition) is 4. The maximum Gasteiger partial charge on any atom is 0.209 e. The van der Waals surface area contributed by atoms with Gasteiger partial charge < -0.3 is 4.42 Å². The second-order valence-corrected chi connectivity index (χ2v) is 5.52. The van der Waals surface area contributed by atoms with Gasteiger partial charge in [-0.25, -0.2) is 13.4 Å². The minimum absolute atomic E-state index is 0.125. The van der Waals surface area contributed by atoms with Crippen molar-refractivity contribution in [3.8, 4) is 0 Å². The number of oxazole rings is 1. The van der Waals surface area contributed by atoms with Gasteiger partial charge in [-0.05, 0) is 0 Å². The normalized spacial score (nSPS) is 12.3. The molecule has 1 aromatic heterocycles. The Hall–Kier alpha value is -0.840. The summed E-state index contributed by atoms with van der Waals surface area (Å²) in [6.07, 6.45) is 2.73. The molecule has 0 bridgehead atoms. The summed E-state index contributed by atoms with van der Waals surface area (Å²) >= 11 is 0. The SMILES string of the molecule is CC(C)c1cnc(CS(C)(=O)=O)o1. The topological polar surface area (TPSA) is 60.2 Å². The number of sulfone groups is 1. The highest BCUT2D eigenvalue weighted by molar-refractivity contribution is 7.89.